The van der Waals surface area contributed by atoms with Gasteiger partial charge in [0.25, 0.3) is 0 Å². The van der Waals surface area contributed by atoms with Crippen LogP contribution < -0.4 is 0 Å². The lowest BCUT2D eigenvalue weighted by Gasteiger charge is -2.22. The van der Waals surface area contributed by atoms with Crippen LogP contribution in [0.15, 0.2) is 24.3 Å². The van der Waals surface area contributed by atoms with Crippen molar-refractivity contribution in [2.24, 2.45) is 0 Å². The molecule has 0 bridgehead atoms. The number of Topliss-reactive ketones (excluding diaryl/α,β-unsaturated/α-hetero) is 2. The third-order valence-electron chi connectivity index (χ3n) is 4.13. The van der Waals surface area contributed by atoms with E-state index in [9.17, 15) is 14.4 Å². The molecule has 0 radical (unpaired) electrons. The first kappa shape index (κ1) is 16.4. The van der Waals surface area contributed by atoms with Crippen LogP contribution in [0.4, 0.5) is 0 Å². The molecule has 0 unspecified atom stereocenters. The van der Waals surface area contributed by atoms with Gasteiger partial charge in [-0.15, -0.1) is 0 Å². The van der Waals surface area contributed by atoms with E-state index in [2.05, 4.69) is 4.74 Å². The van der Waals surface area contributed by atoms with Crippen LogP contribution in [0, 0.1) is 0 Å². The first-order valence-electron chi connectivity index (χ1n) is 7.95. The lowest BCUT2D eigenvalue weighted by Crippen LogP contribution is -2.20. The van der Waals surface area contributed by atoms with Crippen molar-refractivity contribution < 1.29 is 19.1 Å². The van der Waals surface area contributed by atoms with E-state index >= 15 is 0 Å². The second-order valence-corrected chi connectivity index (χ2v) is 5.70. The van der Waals surface area contributed by atoms with Gasteiger partial charge in [-0.1, -0.05) is 43.5 Å². The molecule has 4 nitrogen and oxygen atoms in total. The van der Waals surface area contributed by atoms with Gasteiger partial charge in [0.2, 0.25) is 5.78 Å². The molecule has 1 aliphatic rings. The van der Waals surface area contributed by atoms with Crippen molar-refractivity contribution in [3.63, 3.8) is 0 Å². The summed E-state index contributed by atoms with van der Waals surface area (Å²) in [5.41, 5.74) is 1.73. The standard InChI is InChI=1S/C18H22O4/c1-2-22-18(21)17(20)12-16(19)15-10-8-14(9-11-15)13-6-4-3-5-7-13/h8-11,13H,2-7,12H2,1H3. The summed E-state index contributed by atoms with van der Waals surface area (Å²) in [5, 5.41) is 0. The number of rotatable bonds is 6. The Bertz CT molecular complexity index is 539. The molecule has 0 atom stereocenters. The molecule has 1 aromatic rings. The molecule has 0 amide bonds. The Labute approximate surface area is 130 Å². The number of carbonyl (C=O) groups is 3. The monoisotopic (exact) mass is 302 g/mol. The molecular weight excluding hydrogens is 280 g/mol. The van der Waals surface area contributed by atoms with Crippen LogP contribution in [0.3, 0.4) is 0 Å². The SMILES string of the molecule is CCOC(=O)C(=O)CC(=O)c1ccc(C2CCCCC2)cc1. The molecule has 118 valence electrons. The van der Waals surface area contributed by atoms with Crippen LogP contribution in [0.2, 0.25) is 0 Å². The third kappa shape index (κ3) is 4.26. The minimum absolute atomic E-state index is 0.134. The van der Waals surface area contributed by atoms with Gasteiger partial charge in [0.15, 0.2) is 5.78 Å². The average Bonchev–Trinajstić information content (AvgIpc) is 2.56. The van der Waals surface area contributed by atoms with Crippen LogP contribution in [0.5, 0.6) is 0 Å². The fraction of sp³-hybridized carbons (Fsp3) is 0.500. The van der Waals surface area contributed by atoms with Crippen molar-refractivity contribution in [1.29, 1.82) is 0 Å². The summed E-state index contributed by atoms with van der Waals surface area (Å²) in [6, 6.07) is 7.45. The van der Waals surface area contributed by atoms with Gasteiger partial charge < -0.3 is 4.74 Å². The van der Waals surface area contributed by atoms with Gasteiger partial charge in [0.05, 0.1) is 13.0 Å². The Morgan fingerprint density at radius 3 is 2.27 bits per heavy atom. The van der Waals surface area contributed by atoms with Crippen LogP contribution in [-0.4, -0.2) is 24.1 Å². The zero-order valence-electron chi connectivity index (χ0n) is 13.0. The number of esters is 1. The number of benzene rings is 1. The first-order chi connectivity index (χ1) is 10.6. The van der Waals surface area contributed by atoms with E-state index in [4.69, 9.17) is 0 Å². The molecular formula is C18H22O4. The Morgan fingerprint density at radius 2 is 1.68 bits per heavy atom. The molecule has 1 aromatic carbocycles. The molecule has 0 saturated heterocycles. The zero-order valence-corrected chi connectivity index (χ0v) is 13.0. The van der Waals surface area contributed by atoms with Gasteiger partial charge in [0.1, 0.15) is 0 Å². The van der Waals surface area contributed by atoms with Crippen molar-refractivity contribution in [1.82, 2.24) is 0 Å². The fourth-order valence-electron chi connectivity index (χ4n) is 2.91. The molecule has 1 aliphatic carbocycles. The maximum absolute atomic E-state index is 12.0. The van der Waals surface area contributed by atoms with E-state index < -0.39 is 18.2 Å². The summed E-state index contributed by atoms with van der Waals surface area (Å²) in [6.07, 6.45) is 5.81. The highest BCUT2D eigenvalue weighted by Crippen LogP contribution is 2.32. The van der Waals surface area contributed by atoms with Crippen LogP contribution >= 0.6 is 0 Å². The lowest BCUT2D eigenvalue weighted by molar-refractivity contribution is -0.153. The van der Waals surface area contributed by atoms with Crippen LogP contribution in [-0.2, 0) is 14.3 Å². The second kappa shape index (κ2) is 7.87. The van der Waals surface area contributed by atoms with E-state index in [0.717, 1.165) is 0 Å². The molecule has 2 rings (SSSR count). The maximum atomic E-state index is 12.0. The summed E-state index contributed by atoms with van der Waals surface area (Å²) in [6.45, 7) is 1.76. The van der Waals surface area contributed by atoms with Crippen molar-refractivity contribution in [3.8, 4) is 0 Å². The smallest absolute Gasteiger partial charge is 0.375 e. The van der Waals surface area contributed by atoms with Gasteiger partial charge in [-0.05, 0) is 31.2 Å². The summed E-state index contributed by atoms with van der Waals surface area (Å²) in [7, 11) is 0. The predicted molar refractivity (Wildman–Crippen MR) is 82.9 cm³/mol. The molecule has 22 heavy (non-hydrogen) atoms. The molecule has 0 aliphatic heterocycles. The van der Waals surface area contributed by atoms with E-state index in [0.29, 0.717) is 11.5 Å². The third-order valence-corrected chi connectivity index (χ3v) is 4.13. The molecule has 0 N–H and O–H groups in total. The zero-order chi connectivity index (χ0) is 15.9. The van der Waals surface area contributed by atoms with E-state index in [1.807, 2.05) is 12.1 Å². The quantitative estimate of drug-likeness (QED) is 0.349. The summed E-state index contributed by atoms with van der Waals surface area (Å²) < 4.78 is 4.60. The van der Waals surface area contributed by atoms with Gasteiger partial charge in [-0.2, -0.15) is 0 Å². The summed E-state index contributed by atoms with van der Waals surface area (Å²) >= 11 is 0. The number of hydrogen-bond acceptors (Lipinski definition) is 4. The molecule has 1 saturated carbocycles. The Balaban J connectivity index is 1.96. The molecule has 0 heterocycles. The van der Waals surface area contributed by atoms with E-state index in [1.165, 1.54) is 37.7 Å². The van der Waals surface area contributed by atoms with Gasteiger partial charge >= 0.3 is 5.97 Å². The molecule has 0 spiro atoms. The molecule has 0 aromatic heterocycles. The number of hydrogen-bond donors (Lipinski definition) is 0. The highest BCUT2D eigenvalue weighted by Gasteiger charge is 2.20. The predicted octanol–water partition coefficient (Wildman–Crippen LogP) is 3.44. The molecule has 4 heteroatoms. The summed E-state index contributed by atoms with van der Waals surface area (Å²) in [5.74, 6) is -1.48. The van der Waals surface area contributed by atoms with Crippen molar-refractivity contribution in [2.45, 2.75) is 51.4 Å². The number of ether oxygens (including phenoxy) is 1. The fourth-order valence-corrected chi connectivity index (χ4v) is 2.91. The van der Waals surface area contributed by atoms with Crippen molar-refractivity contribution >= 4 is 17.5 Å². The second-order valence-electron chi connectivity index (χ2n) is 5.70. The van der Waals surface area contributed by atoms with E-state index in [1.54, 1.807) is 19.1 Å². The molecule has 1 fully saturated rings. The van der Waals surface area contributed by atoms with Crippen molar-refractivity contribution in [3.05, 3.63) is 35.4 Å². The minimum Gasteiger partial charge on any atom is -0.460 e. The van der Waals surface area contributed by atoms with Crippen LogP contribution in [0.1, 0.15) is 67.3 Å². The topological polar surface area (TPSA) is 60.4 Å². The highest BCUT2D eigenvalue weighted by molar-refractivity contribution is 6.38. The van der Waals surface area contributed by atoms with Crippen LogP contribution in [0.25, 0.3) is 0 Å². The Hall–Kier alpha value is -1.97. The number of carbonyl (C=O) groups excluding carboxylic acids is 3. The maximum Gasteiger partial charge on any atom is 0.375 e. The highest BCUT2D eigenvalue weighted by atomic mass is 16.5. The lowest BCUT2D eigenvalue weighted by atomic mass is 9.84. The van der Waals surface area contributed by atoms with Gasteiger partial charge in [-0.25, -0.2) is 4.79 Å². The average molecular weight is 302 g/mol. The summed E-state index contributed by atoms with van der Waals surface area (Å²) in [4.78, 5) is 34.8. The van der Waals surface area contributed by atoms with Crippen molar-refractivity contribution in [2.75, 3.05) is 6.61 Å². The Kier molecular flexibility index (Phi) is 5.87. The first-order valence-corrected chi connectivity index (χ1v) is 7.95. The minimum atomic E-state index is -0.935. The van der Waals surface area contributed by atoms with Gasteiger partial charge in [-0.3, -0.25) is 9.59 Å². The van der Waals surface area contributed by atoms with Gasteiger partial charge in [0, 0.05) is 5.56 Å². The normalized spacial score (nSPS) is 15.3. The number of ketones is 2. The van der Waals surface area contributed by atoms with E-state index in [-0.39, 0.29) is 12.4 Å². The largest absolute Gasteiger partial charge is 0.460 e. The Morgan fingerprint density at radius 1 is 1.05 bits per heavy atom.